The molecule has 2 amide bonds. The first-order chi connectivity index (χ1) is 30.0. The third-order valence-electron chi connectivity index (χ3n) is 9.86. The summed E-state index contributed by atoms with van der Waals surface area (Å²) in [6, 6.07) is 4.37. The van der Waals surface area contributed by atoms with Crippen LogP contribution in [0.1, 0.15) is 39.0 Å². The van der Waals surface area contributed by atoms with Gasteiger partial charge in [0.25, 0.3) is 0 Å². The molecule has 30 heteroatoms. The Hall–Kier alpha value is -2.57. The number of aliphatic hydroxyl groups excluding tert-OH is 7. The fourth-order valence-corrected chi connectivity index (χ4v) is 10.8. The summed E-state index contributed by atoms with van der Waals surface area (Å²) in [4.78, 5) is 36.6. The molecule has 3 aliphatic heterocycles. The molecule has 0 aliphatic carbocycles. The molecule has 1 unspecified atom stereocenters. The Bertz CT molecular complexity index is 1910. The van der Waals surface area contributed by atoms with Crippen molar-refractivity contribution in [1.82, 2.24) is 5.32 Å². The molecule has 1 aromatic rings. The molecule has 3 aliphatic rings. The topological polar surface area (TPSA) is 422 Å². The maximum absolute atomic E-state index is 12.5. The number of carboxylic acids is 1. The molecular formula is C34H50N3O23S4-3. The number of carbonyl (C=O) groups excluding carboxylic acids is 3. The average molecular weight is 997 g/mol. The average Bonchev–Trinajstić information content (AvgIpc) is 3.74. The minimum atomic E-state index is -5.85. The number of unbranched alkanes of at least 4 members (excludes halogenated alkanes) is 1. The fraction of sp³-hybridized carbons (Fsp3) is 0.735. The van der Waals surface area contributed by atoms with Gasteiger partial charge in [0.1, 0.15) is 61.0 Å². The number of rotatable bonds is 24. The number of carbonyl (C=O) groups is 3. The van der Waals surface area contributed by atoms with Gasteiger partial charge in [-0.2, -0.15) is 0 Å². The van der Waals surface area contributed by atoms with E-state index in [1.54, 1.807) is 24.3 Å². The van der Waals surface area contributed by atoms with E-state index in [0.29, 0.717) is 23.0 Å². The highest BCUT2D eigenvalue weighted by Gasteiger charge is 2.54. The molecule has 3 heterocycles. The van der Waals surface area contributed by atoms with Crippen molar-refractivity contribution in [2.75, 3.05) is 36.1 Å². The number of nitrogens with one attached hydrogen (secondary N) is 3. The Morgan fingerprint density at radius 1 is 0.906 bits per heavy atom. The summed E-state index contributed by atoms with van der Waals surface area (Å²) in [6.07, 6.45) is -25.9. The monoisotopic (exact) mass is 996 g/mol. The van der Waals surface area contributed by atoms with E-state index in [-0.39, 0.29) is 5.91 Å². The number of amides is 2. The van der Waals surface area contributed by atoms with Crippen LogP contribution in [0, 0.1) is 0 Å². The van der Waals surface area contributed by atoms with Crippen LogP contribution >= 0.6 is 21.6 Å². The second kappa shape index (κ2) is 24.5. The number of anilines is 2. The van der Waals surface area contributed by atoms with E-state index in [1.807, 2.05) is 21.6 Å². The summed E-state index contributed by atoms with van der Waals surface area (Å²) in [5.74, 6) is -2.32. The molecule has 0 saturated carbocycles. The molecule has 0 aromatic heterocycles. The van der Waals surface area contributed by atoms with E-state index in [1.165, 1.54) is 0 Å². The lowest BCUT2D eigenvalue weighted by molar-refractivity contribution is -0.362. The summed E-state index contributed by atoms with van der Waals surface area (Å²) in [5, 5.41) is 93.8. The van der Waals surface area contributed by atoms with Crippen LogP contribution in [-0.2, 0) is 62.5 Å². The van der Waals surface area contributed by atoms with E-state index in [4.69, 9.17) is 18.9 Å². The molecule has 3 saturated heterocycles. The van der Waals surface area contributed by atoms with Crippen LogP contribution < -0.4 is 21.1 Å². The van der Waals surface area contributed by atoms with Crippen molar-refractivity contribution < 1.29 is 108 Å². The third-order valence-corrected chi connectivity index (χ3v) is 13.8. The largest absolute Gasteiger partial charge is 0.726 e. The van der Waals surface area contributed by atoms with E-state index >= 15 is 0 Å². The highest BCUT2D eigenvalue weighted by atomic mass is 33.1. The predicted octanol–water partition coefficient (Wildman–Crippen LogP) is -5.29. The number of aliphatic hydroxyl groups is 7. The van der Waals surface area contributed by atoms with Gasteiger partial charge in [-0.15, -0.1) is 0 Å². The Morgan fingerprint density at radius 2 is 1.56 bits per heavy atom. The second-order valence-corrected chi connectivity index (χ2v) is 19.6. The number of aliphatic carboxylic acids is 1. The zero-order valence-corrected chi connectivity index (χ0v) is 36.9. The minimum absolute atomic E-state index is 0.192. The van der Waals surface area contributed by atoms with Crippen molar-refractivity contribution in [3.05, 3.63) is 24.3 Å². The SMILES string of the molecule is CC(=O)N[C@H]1[C@@H](OC[C@@H](O)[C@@H](O)[C@H](O)[C@@H](O)CNc2cccc(NC(=O)CCCCC3CCSS3)c2)O[C@H](CO)[C@H](OS(=O)(=O)[O-])[C@@H]1O[C@@H]1O[C@H](C(=O)[O-])[C@@H](O)[C@H](O)[C@H]1OS(=O)(=O)[O-]. The zero-order valence-electron chi connectivity index (χ0n) is 33.6. The van der Waals surface area contributed by atoms with E-state index < -0.39 is 138 Å². The van der Waals surface area contributed by atoms with Crippen LogP contribution in [0.3, 0.4) is 0 Å². The summed E-state index contributed by atoms with van der Waals surface area (Å²) < 4.78 is 100. The summed E-state index contributed by atoms with van der Waals surface area (Å²) in [7, 11) is -7.94. The lowest BCUT2D eigenvalue weighted by Gasteiger charge is -2.49. The highest BCUT2D eigenvalue weighted by Crippen LogP contribution is 2.40. The van der Waals surface area contributed by atoms with Gasteiger partial charge < -0.3 is 89.7 Å². The third kappa shape index (κ3) is 16.3. The van der Waals surface area contributed by atoms with Crippen LogP contribution in [0.2, 0.25) is 0 Å². The molecule has 366 valence electrons. The lowest BCUT2D eigenvalue weighted by Crippen LogP contribution is -2.69. The van der Waals surface area contributed by atoms with Crippen molar-refractivity contribution in [2.24, 2.45) is 0 Å². The Balaban J connectivity index is 1.44. The van der Waals surface area contributed by atoms with Gasteiger partial charge in [-0.1, -0.05) is 34.1 Å². The van der Waals surface area contributed by atoms with Crippen molar-refractivity contribution >= 4 is 71.5 Å². The van der Waals surface area contributed by atoms with Crippen molar-refractivity contribution in [1.29, 1.82) is 0 Å². The van der Waals surface area contributed by atoms with E-state index in [9.17, 15) is 81.2 Å². The van der Waals surface area contributed by atoms with Gasteiger partial charge in [0.2, 0.25) is 32.6 Å². The number of ether oxygens (including phenoxy) is 4. The molecular weight excluding hydrogens is 947 g/mol. The van der Waals surface area contributed by atoms with E-state index in [2.05, 4.69) is 24.3 Å². The number of hydrogen-bond acceptors (Lipinski definition) is 26. The first-order valence-electron chi connectivity index (χ1n) is 19.4. The Labute approximate surface area is 374 Å². The molecule has 26 nitrogen and oxygen atoms in total. The second-order valence-electron chi connectivity index (χ2n) is 14.7. The lowest BCUT2D eigenvalue weighted by atomic mass is 9.95. The molecule has 0 bridgehead atoms. The van der Waals surface area contributed by atoms with Crippen LogP contribution in [0.5, 0.6) is 0 Å². The van der Waals surface area contributed by atoms with Gasteiger partial charge in [0, 0.05) is 42.3 Å². The predicted molar refractivity (Wildman–Crippen MR) is 214 cm³/mol. The van der Waals surface area contributed by atoms with Gasteiger partial charge in [-0.3, -0.25) is 18.0 Å². The number of carboxylic acid groups (broad SMARTS) is 1. The first kappa shape index (κ1) is 54.0. The van der Waals surface area contributed by atoms with Crippen LogP contribution in [0.25, 0.3) is 0 Å². The molecule has 1 aromatic carbocycles. The minimum Gasteiger partial charge on any atom is -0.726 e. The Kier molecular flexibility index (Phi) is 20.6. The van der Waals surface area contributed by atoms with E-state index in [0.717, 1.165) is 38.4 Å². The summed E-state index contributed by atoms with van der Waals surface area (Å²) in [6.45, 7) is -1.90. The van der Waals surface area contributed by atoms with Crippen LogP contribution in [0.15, 0.2) is 24.3 Å². The van der Waals surface area contributed by atoms with Crippen molar-refractivity contribution in [3.63, 3.8) is 0 Å². The summed E-state index contributed by atoms with van der Waals surface area (Å²) in [5.41, 5.74) is 0.838. The van der Waals surface area contributed by atoms with Gasteiger partial charge >= 0.3 is 0 Å². The van der Waals surface area contributed by atoms with Gasteiger partial charge in [0.15, 0.2) is 18.7 Å². The maximum Gasteiger partial charge on any atom is 0.224 e. The fourth-order valence-electron chi connectivity index (χ4n) is 6.77. The first-order valence-corrected chi connectivity index (χ1v) is 24.5. The quantitative estimate of drug-likeness (QED) is 0.0200. The molecule has 3 fully saturated rings. The molecule has 15 atom stereocenters. The zero-order chi connectivity index (χ0) is 47.5. The van der Waals surface area contributed by atoms with Gasteiger partial charge in [0.05, 0.1) is 25.3 Å². The number of hydrogen-bond donors (Lipinski definition) is 10. The number of benzene rings is 1. The smallest absolute Gasteiger partial charge is 0.224 e. The van der Waals surface area contributed by atoms with Crippen molar-refractivity contribution in [3.8, 4) is 0 Å². The van der Waals surface area contributed by atoms with Crippen LogP contribution in [-0.4, -0.2) is 196 Å². The molecule has 0 radical (unpaired) electrons. The molecule has 64 heavy (non-hydrogen) atoms. The highest BCUT2D eigenvalue weighted by molar-refractivity contribution is 8.77. The maximum atomic E-state index is 12.5. The summed E-state index contributed by atoms with van der Waals surface area (Å²) >= 11 is 0. The van der Waals surface area contributed by atoms with Gasteiger partial charge in [-0.05, 0) is 37.5 Å². The molecule has 10 N–H and O–H groups in total. The van der Waals surface area contributed by atoms with Crippen molar-refractivity contribution in [2.45, 2.75) is 130 Å². The van der Waals surface area contributed by atoms with Crippen LogP contribution in [0.4, 0.5) is 11.4 Å². The molecule has 4 rings (SSSR count). The normalized spacial score (nSPS) is 30.8. The standard InChI is InChI=1S/C34H53N3O23S4/c1-15(39)36-23-29(57-34-31(60-64(52,53)54)27(46)26(45)30(58-34)32(47)48)28(59-63(49,50)51)21(13-38)56-33(23)55-14-20(41)25(44)24(43)19(40)12-35-16-5-4-6-17(11-16)37-22(42)8-3-2-7-18-9-10-61-62-18/h4-6,11,18-21,23-31,33-35,38,40-41,43-46H,2-3,7-10,12-14H2,1H3,(H,36,39)(H,37,42)(H,47,48)(H,49,50,51)(H,52,53,54)/p-3/t18?,19-,20+,21+,23+,24+,25+,26-,27-,28-,29+,30-,31+,33-,34+/m0/s1. The Morgan fingerprint density at radius 3 is 2.17 bits per heavy atom. The molecule has 0 spiro atoms. The van der Waals surface area contributed by atoms with Gasteiger partial charge in [-0.25, -0.2) is 16.8 Å².